The Balaban J connectivity index is 2.57. The predicted octanol–water partition coefficient (Wildman–Crippen LogP) is 2.17. The van der Waals surface area contributed by atoms with Crippen LogP contribution in [0.15, 0.2) is 0 Å². The molecule has 2 atom stereocenters. The number of nitrogens with one attached hydrogen (secondary N) is 1. The monoisotopic (exact) mass is 447 g/mol. The van der Waals surface area contributed by atoms with Gasteiger partial charge in [-0.15, -0.1) is 12.3 Å². The Hall–Kier alpha value is -1.92. The fourth-order valence-corrected chi connectivity index (χ4v) is 3.64. The van der Waals surface area contributed by atoms with Gasteiger partial charge < -0.3 is 14.8 Å². The van der Waals surface area contributed by atoms with Crippen LogP contribution in [0.5, 0.6) is 0 Å². The smallest absolute Gasteiger partial charge is 0.465 e. The number of hydrogen-bond donors (Lipinski definition) is 1. The molecule has 0 aromatic heterocycles. The SMILES string of the molecule is C#CCCOC(=O)CCNC(=O)[C@@H]1OP(=O)(OCOC(=O)C(C)(C)C)OCC1(C)C. The van der Waals surface area contributed by atoms with Gasteiger partial charge in [0.05, 0.1) is 18.4 Å². The Morgan fingerprint density at radius 2 is 1.93 bits per heavy atom. The lowest BCUT2D eigenvalue weighted by atomic mass is 9.87. The van der Waals surface area contributed by atoms with Gasteiger partial charge in [0.2, 0.25) is 12.7 Å². The molecule has 1 aliphatic rings. The average molecular weight is 447 g/mol. The third-order valence-corrected chi connectivity index (χ3v) is 5.26. The normalized spacial score (nSPS) is 23.1. The van der Waals surface area contributed by atoms with Gasteiger partial charge in [0.1, 0.15) is 6.61 Å². The highest BCUT2D eigenvalue weighted by molar-refractivity contribution is 7.48. The average Bonchev–Trinajstić information content (AvgIpc) is 2.63. The second kappa shape index (κ2) is 10.9. The standard InChI is InChI=1S/C19H30NO9P/c1-7-8-11-25-14(21)9-10-20-16(22)15-19(5,6)12-27-30(24,29-15)28-13-26-17(23)18(2,3)4/h1,15H,8-13H2,2-6H3,(H,20,22)/t15-,30?/m0/s1. The molecule has 1 saturated heterocycles. The topological polar surface area (TPSA) is 126 Å². The summed E-state index contributed by atoms with van der Waals surface area (Å²) in [6.07, 6.45) is 4.14. The lowest BCUT2D eigenvalue weighted by Gasteiger charge is -2.39. The summed E-state index contributed by atoms with van der Waals surface area (Å²) in [4.78, 5) is 35.8. The van der Waals surface area contributed by atoms with Gasteiger partial charge >= 0.3 is 19.8 Å². The molecular weight excluding hydrogens is 417 g/mol. The molecule has 1 heterocycles. The zero-order chi connectivity index (χ0) is 23.0. The summed E-state index contributed by atoms with van der Waals surface area (Å²) >= 11 is 0. The number of carbonyl (C=O) groups is 3. The van der Waals surface area contributed by atoms with E-state index in [9.17, 15) is 18.9 Å². The van der Waals surface area contributed by atoms with E-state index < -0.39 is 49.4 Å². The summed E-state index contributed by atoms with van der Waals surface area (Å²) in [5, 5.41) is 2.54. The molecule has 1 N–H and O–H groups in total. The molecule has 0 bridgehead atoms. The van der Waals surface area contributed by atoms with Crippen molar-refractivity contribution in [2.45, 2.75) is 53.6 Å². The van der Waals surface area contributed by atoms with E-state index in [1.54, 1.807) is 34.6 Å². The maximum atomic E-state index is 12.7. The van der Waals surface area contributed by atoms with Crippen LogP contribution in [0, 0.1) is 23.2 Å². The van der Waals surface area contributed by atoms with Crippen LogP contribution in [-0.2, 0) is 42.0 Å². The molecule has 1 unspecified atom stereocenters. The Morgan fingerprint density at radius 3 is 2.53 bits per heavy atom. The summed E-state index contributed by atoms with van der Waals surface area (Å²) in [5.74, 6) is 0.689. The maximum absolute atomic E-state index is 12.7. The van der Waals surface area contributed by atoms with E-state index in [1.165, 1.54) is 0 Å². The molecule has 0 aliphatic carbocycles. The number of rotatable bonds is 9. The van der Waals surface area contributed by atoms with Gasteiger partial charge in [0, 0.05) is 18.4 Å². The van der Waals surface area contributed by atoms with Crippen molar-refractivity contribution in [2.75, 3.05) is 26.6 Å². The highest BCUT2D eigenvalue weighted by Gasteiger charge is 2.49. The van der Waals surface area contributed by atoms with Gasteiger partial charge in [-0.1, -0.05) is 13.8 Å². The molecule has 0 aromatic rings. The van der Waals surface area contributed by atoms with E-state index in [0.717, 1.165) is 0 Å². The minimum atomic E-state index is -4.13. The van der Waals surface area contributed by atoms with E-state index in [4.69, 9.17) is 29.5 Å². The summed E-state index contributed by atoms with van der Waals surface area (Å²) in [5.41, 5.74) is -1.59. The lowest BCUT2D eigenvalue weighted by molar-refractivity contribution is -0.163. The van der Waals surface area contributed by atoms with Crippen LogP contribution >= 0.6 is 7.82 Å². The van der Waals surface area contributed by atoms with Gasteiger partial charge in [0.25, 0.3) is 0 Å². The van der Waals surface area contributed by atoms with Crippen molar-refractivity contribution >= 4 is 25.7 Å². The van der Waals surface area contributed by atoms with Crippen molar-refractivity contribution in [2.24, 2.45) is 10.8 Å². The van der Waals surface area contributed by atoms with Crippen LogP contribution in [0.1, 0.15) is 47.5 Å². The van der Waals surface area contributed by atoms with Crippen molar-refractivity contribution in [3.05, 3.63) is 0 Å². The first-order valence-corrected chi connectivity index (χ1v) is 10.9. The Morgan fingerprint density at radius 1 is 1.27 bits per heavy atom. The number of phosphoric ester groups is 1. The number of ether oxygens (including phenoxy) is 2. The van der Waals surface area contributed by atoms with Crippen LogP contribution in [0.3, 0.4) is 0 Å². The molecule has 1 aliphatic heterocycles. The lowest BCUT2D eigenvalue weighted by Crippen LogP contribution is -2.50. The summed E-state index contributed by atoms with van der Waals surface area (Å²) in [7, 11) is -4.13. The third-order valence-electron chi connectivity index (χ3n) is 3.93. The van der Waals surface area contributed by atoms with Crippen LogP contribution in [-0.4, -0.2) is 50.5 Å². The molecule has 10 nitrogen and oxygen atoms in total. The largest absolute Gasteiger partial charge is 0.478 e. The molecular formula is C19H30NO9P. The summed E-state index contributed by atoms with van der Waals surface area (Å²) in [6.45, 7) is 7.70. The zero-order valence-electron chi connectivity index (χ0n) is 18.0. The third kappa shape index (κ3) is 8.44. The van der Waals surface area contributed by atoms with Gasteiger partial charge in [-0.2, -0.15) is 0 Å². The van der Waals surface area contributed by atoms with Crippen molar-refractivity contribution in [3.8, 4) is 12.3 Å². The van der Waals surface area contributed by atoms with Gasteiger partial charge in [-0.3, -0.25) is 23.4 Å². The highest BCUT2D eigenvalue weighted by Crippen LogP contribution is 2.57. The van der Waals surface area contributed by atoms with E-state index in [1.807, 2.05) is 0 Å². The fourth-order valence-electron chi connectivity index (χ4n) is 2.13. The van der Waals surface area contributed by atoms with Gasteiger partial charge in [-0.05, 0) is 20.8 Å². The molecule has 1 rings (SSSR count). The highest BCUT2D eigenvalue weighted by atomic mass is 31.2. The van der Waals surface area contributed by atoms with Crippen molar-refractivity contribution < 1.29 is 42.0 Å². The molecule has 11 heteroatoms. The predicted molar refractivity (Wildman–Crippen MR) is 106 cm³/mol. The Kier molecular flexibility index (Phi) is 9.50. The number of carbonyl (C=O) groups excluding carboxylic acids is 3. The quantitative estimate of drug-likeness (QED) is 0.186. The fraction of sp³-hybridized carbons (Fsp3) is 0.737. The molecule has 1 amide bonds. The van der Waals surface area contributed by atoms with Gasteiger partial charge in [-0.25, -0.2) is 9.09 Å². The molecule has 0 spiro atoms. The first-order valence-electron chi connectivity index (χ1n) is 9.42. The number of hydrogen-bond acceptors (Lipinski definition) is 9. The second-order valence-electron chi connectivity index (χ2n) is 8.34. The first kappa shape index (κ1) is 26.1. The van der Waals surface area contributed by atoms with Crippen LogP contribution in [0.4, 0.5) is 0 Å². The van der Waals surface area contributed by atoms with Crippen molar-refractivity contribution in [1.82, 2.24) is 5.32 Å². The van der Waals surface area contributed by atoms with Crippen LogP contribution in [0.25, 0.3) is 0 Å². The van der Waals surface area contributed by atoms with E-state index >= 15 is 0 Å². The van der Waals surface area contributed by atoms with Gasteiger partial charge in [0.15, 0.2) is 6.10 Å². The number of terminal acetylenes is 1. The second-order valence-corrected chi connectivity index (χ2v) is 9.96. The van der Waals surface area contributed by atoms with E-state index in [-0.39, 0.29) is 26.2 Å². The zero-order valence-corrected chi connectivity index (χ0v) is 18.9. The van der Waals surface area contributed by atoms with Crippen LogP contribution < -0.4 is 5.32 Å². The molecule has 30 heavy (non-hydrogen) atoms. The number of esters is 2. The Labute approximate surface area is 176 Å². The molecule has 0 radical (unpaired) electrons. The summed E-state index contributed by atoms with van der Waals surface area (Å²) < 4.78 is 38.0. The van der Waals surface area contributed by atoms with Crippen molar-refractivity contribution in [1.29, 1.82) is 0 Å². The maximum Gasteiger partial charge on any atom is 0.478 e. The Bertz CT molecular complexity index is 720. The van der Waals surface area contributed by atoms with E-state index in [0.29, 0.717) is 6.42 Å². The summed E-state index contributed by atoms with van der Waals surface area (Å²) in [6, 6.07) is 0. The van der Waals surface area contributed by atoms with Crippen LogP contribution in [0.2, 0.25) is 0 Å². The minimum absolute atomic E-state index is 0.00112. The molecule has 0 saturated carbocycles. The molecule has 0 aromatic carbocycles. The van der Waals surface area contributed by atoms with Crippen molar-refractivity contribution in [3.63, 3.8) is 0 Å². The number of phosphoric acid groups is 1. The number of amides is 1. The van der Waals surface area contributed by atoms with E-state index in [2.05, 4.69) is 11.2 Å². The minimum Gasteiger partial charge on any atom is -0.465 e. The molecule has 170 valence electrons. The first-order chi connectivity index (χ1) is 13.8. The molecule has 1 fully saturated rings.